The van der Waals surface area contributed by atoms with Crippen molar-refractivity contribution < 1.29 is 13.9 Å². The first kappa shape index (κ1) is 17.3. The molecule has 0 amide bonds. The van der Waals surface area contributed by atoms with Gasteiger partial charge in [-0.2, -0.15) is 8.78 Å². The normalized spacial score (nSPS) is 23.3. The van der Waals surface area contributed by atoms with Crippen LogP contribution in [-0.2, 0) is 0 Å². The fraction of sp³-hybridized carbons (Fsp3) is 0.611. The van der Waals surface area contributed by atoms with Gasteiger partial charge in [0.15, 0.2) is 0 Å². The Bertz CT molecular complexity index is 688. The molecule has 1 heterocycles. The Morgan fingerprint density at radius 2 is 2.00 bits per heavy atom. The molecule has 1 N–H and O–H groups in total. The summed E-state index contributed by atoms with van der Waals surface area (Å²) in [7, 11) is 1.92. The smallest absolute Gasteiger partial charge is 0.320 e. The van der Waals surface area contributed by atoms with E-state index >= 15 is 0 Å². The number of para-hydroxylation sites is 2. The minimum atomic E-state index is -2.62. The van der Waals surface area contributed by atoms with Gasteiger partial charge in [-0.15, -0.1) is 0 Å². The highest BCUT2D eigenvalue weighted by molar-refractivity contribution is 5.76. The number of imidazole rings is 1. The van der Waals surface area contributed by atoms with Gasteiger partial charge >= 0.3 is 6.55 Å². The molecule has 3 unspecified atom stereocenters. The number of aromatic nitrogens is 2. The highest BCUT2D eigenvalue weighted by atomic mass is 19.3. The zero-order valence-electron chi connectivity index (χ0n) is 14.2. The van der Waals surface area contributed by atoms with Crippen molar-refractivity contribution in [3.63, 3.8) is 0 Å². The highest BCUT2D eigenvalue weighted by Gasteiger charge is 2.28. The summed E-state index contributed by atoms with van der Waals surface area (Å²) in [5.41, 5.74) is 1.05. The van der Waals surface area contributed by atoms with Crippen LogP contribution in [0.15, 0.2) is 24.3 Å². The first-order chi connectivity index (χ1) is 11.5. The largest absolute Gasteiger partial charge is 0.393 e. The molecule has 1 fully saturated rings. The zero-order valence-corrected chi connectivity index (χ0v) is 14.2. The van der Waals surface area contributed by atoms with Crippen molar-refractivity contribution in [3.8, 4) is 0 Å². The van der Waals surface area contributed by atoms with E-state index in [0.29, 0.717) is 23.4 Å². The summed E-state index contributed by atoms with van der Waals surface area (Å²) in [4.78, 5) is 6.47. The van der Waals surface area contributed by atoms with Crippen molar-refractivity contribution in [2.24, 2.45) is 5.92 Å². The fourth-order valence-electron chi connectivity index (χ4n) is 3.69. The molecule has 0 spiro atoms. The molecule has 2 aromatic rings. The van der Waals surface area contributed by atoms with Gasteiger partial charge < -0.3 is 5.11 Å². The third kappa shape index (κ3) is 3.30. The van der Waals surface area contributed by atoms with E-state index in [1.54, 1.807) is 18.2 Å². The Kier molecular flexibility index (Phi) is 5.15. The van der Waals surface area contributed by atoms with E-state index in [9.17, 15) is 13.9 Å². The van der Waals surface area contributed by atoms with Crippen molar-refractivity contribution in [3.05, 3.63) is 30.1 Å². The summed E-state index contributed by atoms with van der Waals surface area (Å²) in [6.45, 7) is -0.0344. The van der Waals surface area contributed by atoms with E-state index < -0.39 is 6.55 Å². The van der Waals surface area contributed by atoms with Gasteiger partial charge in [0, 0.05) is 6.54 Å². The van der Waals surface area contributed by atoms with Crippen LogP contribution in [0.1, 0.15) is 51.0 Å². The van der Waals surface area contributed by atoms with Crippen LogP contribution in [0.4, 0.5) is 8.78 Å². The molecule has 6 heteroatoms. The molecule has 1 aliphatic rings. The number of aliphatic hydroxyl groups is 1. The maximum Gasteiger partial charge on any atom is 0.320 e. The number of fused-ring (bicyclic) bond motifs is 1. The molecule has 1 aromatic carbocycles. The average Bonchev–Trinajstić information content (AvgIpc) is 2.95. The lowest BCUT2D eigenvalue weighted by atomic mass is 9.86. The number of hydrogen-bond donors (Lipinski definition) is 1. The van der Waals surface area contributed by atoms with Crippen LogP contribution in [0, 0.1) is 5.92 Å². The van der Waals surface area contributed by atoms with Crippen molar-refractivity contribution in [2.45, 2.75) is 51.3 Å². The molecular weight excluding hydrogens is 312 g/mol. The van der Waals surface area contributed by atoms with Crippen LogP contribution in [-0.4, -0.2) is 39.3 Å². The number of nitrogens with zero attached hydrogens (tertiary/aromatic N) is 3. The van der Waals surface area contributed by atoms with Crippen molar-refractivity contribution in [2.75, 3.05) is 13.6 Å². The lowest BCUT2D eigenvalue weighted by molar-refractivity contribution is 0.0385. The molecule has 4 nitrogen and oxygen atoms in total. The van der Waals surface area contributed by atoms with Gasteiger partial charge in [0.05, 0.1) is 23.2 Å². The minimum Gasteiger partial charge on any atom is -0.393 e. The van der Waals surface area contributed by atoms with Crippen LogP contribution >= 0.6 is 0 Å². The van der Waals surface area contributed by atoms with Crippen molar-refractivity contribution in [1.29, 1.82) is 0 Å². The average molecular weight is 337 g/mol. The summed E-state index contributed by atoms with van der Waals surface area (Å²) in [5.74, 6) is 0.578. The van der Waals surface area contributed by atoms with E-state index in [4.69, 9.17) is 0 Å². The SMILES string of the molecule is CC(c1nc2ccccc2n1C(F)F)N(C)CC1CCCCC1O. The van der Waals surface area contributed by atoms with E-state index in [1.165, 1.54) is 0 Å². The van der Waals surface area contributed by atoms with Gasteiger partial charge in [-0.3, -0.25) is 9.47 Å². The third-order valence-corrected chi connectivity index (χ3v) is 5.24. The van der Waals surface area contributed by atoms with Gasteiger partial charge in [0.1, 0.15) is 5.82 Å². The first-order valence-electron chi connectivity index (χ1n) is 8.62. The predicted octanol–water partition coefficient (Wildman–Crippen LogP) is 3.98. The summed E-state index contributed by atoms with van der Waals surface area (Å²) >= 11 is 0. The quantitative estimate of drug-likeness (QED) is 0.897. The molecule has 0 aliphatic heterocycles. The van der Waals surface area contributed by atoms with Crippen LogP contribution in [0.2, 0.25) is 0 Å². The Hall–Kier alpha value is -1.53. The van der Waals surface area contributed by atoms with E-state index in [0.717, 1.165) is 30.3 Å². The number of alkyl halides is 2. The molecule has 24 heavy (non-hydrogen) atoms. The van der Waals surface area contributed by atoms with Crippen LogP contribution < -0.4 is 0 Å². The minimum absolute atomic E-state index is 0.204. The molecule has 1 aromatic heterocycles. The standard InChI is InChI=1S/C18H25F2N3O/c1-12(22(2)11-13-7-3-6-10-16(13)24)17-21-14-8-4-5-9-15(14)23(17)18(19)20/h4-5,8-9,12-13,16,18,24H,3,6-7,10-11H2,1-2H3. The second-order valence-electron chi connectivity index (χ2n) is 6.83. The van der Waals surface area contributed by atoms with E-state index in [2.05, 4.69) is 4.98 Å². The Morgan fingerprint density at radius 3 is 2.71 bits per heavy atom. The number of hydrogen-bond acceptors (Lipinski definition) is 3. The summed E-state index contributed by atoms with van der Waals surface area (Å²) < 4.78 is 28.2. The first-order valence-corrected chi connectivity index (χ1v) is 8.62. The van der Waals surface area contributed by atoms with Gasteiger partial charge in [-0.05, 0) is 44.9 Å². The zero-order chi connectivity index (χ0) is 17.3. The van der Waals surface area contributed by atoms with Gasteiger partial charge in [0.25, 0.3) is 0 Å². The molecule has 1 aliphatic carbocycles. The van der Waals surface area contributed by atoms with Gasteiger partial charge in [0.2, 0.25) is 0 Å². The maximum absolute atomic E-state index is 13.6. The number of rotatable bonds is 5. The fourth-order valence-corrected chi connectivity index (χ4v) is 3.69. The number of aliphatic hydroxyl groups excluding tert-OH is 1. The molecule has 0 radical (unpaired) electrons. The summed E-state index contributed by atoms with van der Waals surface area (Å²) in [5, 5.41) is 10.2. The molecule has 3 atom stereocenters. The maximum atomic E-state index is 13.6. The van der Waals surface area contributed by atoms with Crippen LogP contribution in [0.25, 0.3) is 11.0 Å². The van der Waals surface area contributed by atoms with E-state index in [-0.39, 0.29) is 18.1 Å². The van der Waals surface area contributed by atoms with Crippen molar-refractivity contribution in [1.82, 2.24) is 14.5 Å². The van der Waals surface area contributed by atoms with E-state index in [1.807, 2.05) is 24.9 Å². The molecule has 132 valence electrons. The van der Waals surface area contributed by atoms with Crippen LogP contribution in [0.3, 0.4) is 0 Å². The molecule has 0 saturated heterocycles. The molecule has 0 bridgehead atoms. The molecule has 3 rings (SSSR count). The summed E-state index contributed by atoms with van der Waals surface area (Å²) in [6.07, 6.45) is 3.73. The number of benzene rings is 1. The third-order valence-electron chi connectivity index (χ3n) is 5.24. The Morgan fingerprint density at radius 1 is 1.29 bits per heavy atom. The van der Waals surface area contributed by atoms with Crippen molar-refractivity contribution >= 4 is 11.0 Å². The Labute approximate surface area is 141 Å². The van der Waals surface area contributed by atoms with Crippen LogP contribution in [0.5, 0.6) is 0 Å². The second-order valence-corrected chi connectivity index (χ2v) is 6.83. The molecular formula is C18H25F2N3O. The van der Waals surface area contributed by atoms with Gasteiger partial charge in [-0.1, -0.05) is 25.0 Å². The highest BCUT2D eigenvalue weighted by Crippen LogP contribution is 2.31. The monoisotopic (exact) mass is 337 g/mol. The topological polar surface area (TPSA) is 41.3 Å². The molecule has 1 saturated carbocycles. The summed E-state index contributed by atoms with van der Waals surface area (Å²) in [6, 6.07) is 6.74. The van der Waals surface area contributed by atoms with Gasteiger partial charge in [-0.25, -0.2) is 4.98 Å². The lowest BCUT2D eigenvalue weighted by Crippen LogP contribution is -2.37. The Balaban J connectivity index is 1.84. The lowest BCUT2D eigenvalue weighted by Gasteiger charge is -2.33. The predicted molar refractivity (Wildman–Crippen MR) is 90.0 cm³/mol. The second kappa shape index (κ2) is 7.15. The number of halogens is 2.